The third kappa shape index (κ3) is 32.0. The van der Waals surface area contributed by atoms with Crippen LogP contribution < -0.4 is 0 Å². The number of morpholine rings is 1. The molecule has 6 heteroatoms. The molecular formula is C48H93NO5. The third-order valence-corrected chi connectivity index (χ3v) is 12.0. The van der Waals surface area contributed by atoms with E-state index >= 15 is 0 Å². The average Bonchev–Trinajstić information content (AvgIpc) is 3.17. The van der Waals surface area contributed by atoms with Crippen LogP contribution in [0.5, 0.6) is 0 Å². The number of ether oxygens (including phenoxy) is 3. The molecular weight excluding hydrogens is 671 g/mol. The second kappa shape index (κ2) is 38.7. The van der Waals surface area contributed by atoms with Crippen LogP contribution in [0, 0.1) is 17.8 Å². The summed E-state index contributed by atoms with van der Waals surface area (Å²) in [6.07, 6.45) is 38.4. The van der Waals surface area contributed by atoms with Crippen LogP contribution in [0.2, 0.25) is 0 Å². The van der Waals surface area contributed by atoms with E-state index < -0.39 is 0 Å². The molecule has 0 atom stereocenters. The van der Waals surface area contributed by atoms with Crippen molar-refractivity contribution in [3.63, 3.8) is 0 Å². The zero-order chi connectivity index (χ0) is 39.2. The highest BCUT2D eigenvalue weighted by molar-refractivity contribution is 5.69. The minimum atomic E-state index is 0.0102. The maximum atomic E-state index is 12.4. The first-order valence-corrected chi connectivity index (χ1v) is 24.1. The fraction of sp³-hybridized carbons (Fsp3) is 0.958. The zero-order valence-electron chi connectivity index (χ0n) is 36.8. The van der Waals surface area contributed by atoms with Gasteiger partial charge in [-0.15, -0.1) is 0 Å². The predicted octanol–water partition coefficient (Wildman–Crippen LogP) is 13.8. The van der Waals surface area contributed by atoms with Crippen molar-refractivity contribution in [2.45, 2.75) is 233 Å². The Morgan fingerprint density at radius 1 is 0.444 bits per heavy atom. The van der Waals surface area contributed by atoms with E-state index in [9.17, 15) is 9.59 Å². The van der Waals surface area contributed by atoms with Crippen LogP contribution in [0.4, 0.5) is 0 Å². The van der Waals surface area contributed by atoms with Gasteiger partial charge in [0.2, 0.25) is 0 Å². The number of nitrogens with zero attached hydrogens (tertiary/aromatic N) is 1. The van der Waals surface area contributed by atoms with Gasteiger partial charge in [0, 0.05) is 32.5 Å². The van der Waals surface area contributed by atoms with E-state index in [0.717, 1.165) is 82.6 Å². The number of hydrogen-bond acceptors (Lipinski definition) is 6. The molecule has 0 amide bonds. The van der Waals surface area contributed by atoms with Crippen LogP contribution in [0.3, 0.4) is 0 Å². The molecule has 54 heavy (non-hydrogen) atoms. The largest absolute Gasteiger partial charge is 0.466 e. The molecule has 0 N–H and O–H groups in total. The van der Waals surface area contributed by atoms with Gasteiger partial charge < -0.3 is 14.2 Å². The van der Waals surface area contributed by atoms with Gasteiger partial charge in [-0.1, -0.05) is 182 Å². The van der Waals surface area contributed by atoms with E-state index in [2.05, 4.69) is 32.6 Å². The van der Waals surface area contributed by atoms with Crippen molar-refractivity contribution >= 4 is 11.9 Å². The van der Waals surface area contributed by atoms with Gasteiger partial charge >= 0.3 is 11.9 Å². The lowest BCUT2D eigenvalue weighted by Gasteiger charge is -2.30. The lowest BCUT2D eigenvalue weighted by atomic mass is 9.92. The minimum Gasteiger partial charge on any atom is -0.466 e. The summed E-state index contributed by atoms with van der Waals surface area (Å²) in [5.74, 6) is 2.22. The summed E-state index contributed by atoms with van der Waals surface area (Å²) in [5.41, 5.74) is 0. The first-order valence-electron chi connectivity index (χ1n) is 24.1. The Kier molecular flexibility index (Phi) is 36.5. The Morgan fingerprint density at radius 3 is 1.17 bits per heavy atom. The summed E-state index contributed by atoms with van der Waals surface area (Å²) in [5, 5.41) is 0. The van der Waals surface area contributed by atoms with Gasteiger partial charge in [0.05, 0.1) is 26.4 Å². The maximum absolute atomic E-state index is 12.4. The Bertz CT molecular complexity index is 739. The SMILES string of the molecule is CCCCCC(CCCCC)CCOC(=O)CCCCCCCC(CCCCCCCC(=O)OCCC(CCCCC)CCCCC)CN1CCOCC1. The summed E-state index contributed by atoms with van der Waals surface area (Å²) in [6, 6.07) is 0. The van der Waals surface area contributed by atoms with Crippen LogP contribution in [0.25, 0.3) is 0 Å². The molecule has 0 bridgehead atoms. The van der Waals surface area contributed by atoms with E-state index in [-0.39, 0.29) is 11.9 Å². The number of hydrogen-bond donors (Lipinski definition) is 0. The number of unbranched alkanes of at least 4 members (excludes halogenated alkanes) is 16. The molecule has 6 nitrogen and oxygen atoms in total. The van der Waals surface area contributed by atoms with Gasteiger partial charge in [0.25, 0.3) is 0 Å². The second-order valence-electron chi connectivity index (χ2n) is 17.1. The van der Waals surface area contributed by atoms with Crippen molar-refractivity contribution in [2.24, 2.45) is 17.8 Å². The monoisotopic (exact) mass is 764 g/mol. The van der Waals surface area contributed by atoms with Gasteiger partial charge in [-0.2, -0.15) is 0 Å². The Hall–Kier alpha value is -1.14. The number of esters is 2. The van der Waals surface area contributed by atoms with Gasteiger partial charge in [-0.3, -0.25) is 14.5 Å². The predicted molar refractivity (Wildman–Crippen MR) is 230 cm³/mol. The molecule has 0 unspecified atom stereocenters. The highest BCUT2D eigenvalue weighted by Crippen LogP contribution is 2.24. The average molecular weight is 764 g/mol. The van der Waals surface area contributed by atoms with Crippen LogP contribution >= 0.6 is 0 Å². The normalized spacial score (nSPS) is 13.8. The number of carbonyl (C=O) groups excluding carboxylic acids is 2. The van der Waals surface area contributed by atoms with Crippen molar-refractivity contribution in [3.05, 3.63) is 0 Å². The Morgan fingerprint density at radius 2 is 0.778 bits per heavy atom. The molecule has 0 aromatic rings. The molecule has 0 saturated carbocycles. The molecule has 320 valence electrons. The Balaban J connectivity index is 2.20. The molecule has 1 rings (SSSR count). The van der Waals surface area contributed by atoms with Crippen LogP contribution in [-0.2, 0) is 23.8 Å². The summed E-state index contributed by atoms with van der Waals surface area (Å²) in [4.78, 5) is 27.4. The molecule has 1 aliphatic heterocycles. The molecule has 0 aromatic carbocycles. The van der Waals surface area contributed by atoms with Crippen molar-refractivity contribution in [3.8, 4) is 0 Å². The van der Waals surface area contributed by atoms with Gasteiger partial charge in [-0.25, -0.2) is 0 Å². The highest BCUT2D eigenvalue weighted by Gasteiger charge is 2.17. The number of carbonyl (C=O) groups is 2. The van der Waals surface area contributed by atoms with Gasteiger partial charge in [-0.05, 0) is 56.3 Å². The van der Waals surface area contributed by atoms with Crippen LogP contribution in [0.15, 0.2) is 0 Å². The summed E-state index contributed by atoms with van der Waals surface area (Å²) < 4.78 is 17.0. The van der Waals surface area contributed by atoms with Crippen LogP contribution in [0.1, 0.15) is 233 Å². The standard InChI is InChI=1S/C48H93NO5/c1-5-9-19-27-44(28-20-10-6-2)35-39-53-47(50)33-25-17-13-15-23-31-46(43-49-37-41-52-42-38-49)32-24-16-14-18-26-34-48(51)54-40-36-45(29-21-11-7-3)30-22-12-8-4/h44-46H,5-43H2,1-4H3. The topological polar surface area (TPSA) is 65.1 Å². The fourth-order valence-corrected chi connectivity index (χ4v) is 8.36. The van der Waals surface area contributed by atoms with Crippen molar-refractivity contribution in [1.82, 2.24) is 4.90 Å². The molecule has 1 aliphatic rings. The molecule has 1 heterocycles. The fourth-order valence-electron chi connectivity index (χ4n) is 8.36. The van der Waals surface area contributed by atoms with Crippen molar-refractivity contribution in [2.75, 3.05) is 46.1 Å². The summed E-state index contributed by atoms with van der Waals surface area (Å²) in [7, 11) is 0. The second-order valence-corrected chi connectivity index (χ2v) is 17.1. The Labute approximate surface area is 336 Å². The van der Waals surface area contributed by atoms with Crippen molar-refractivity contribution in [1.29, 1.82) is 0 Å². The van der Waals surface area contributed by atoms with E-state index in [1.165, 1.54) is 161 Å². The first-order chi connectivity index (χ1) is 26.5. The highest BCUT2D eigenvalue weighted by atomic mass is 16.5. The van der Waals surface area contributed by atoms with E-state index in [1.807, 2.05) is 0 Å². The third-order valence-electron chi connectivity index (χ3n) is 12.0. The van der Waals surface area contributed by atoms with E-state index in [4.69, 9.17) is 14.2 Å². The molecule has 0 radical (unpaired) electrons. The van der Waals surface area contributed by atoms with Crippen molar-refractivity contribution < 1.29 is 23.8 Å². The summed E-state index contributed by atoms with van der Waals surface area (Å²) in [6.45, 7) is 15.4. The molecule has 0 aromatic heterocycles. The minimum absolute atomic E-state index is 0.0102. The van der Waals surface area contributed by atoms with Gasteiger partial charge in [0.1, 0.15) is 0 Å². The molecule has 0 aliphatic carbocycles. The lowest BCUT2D eigenvalue weighted by molar-refractivity contribution is -0.145. The maximum Gasteiger partial charge on any atom is 0.305 e. The smallest absolute Gasteiger partial charge is 0.305 e. The number of rotatable bonds is 40. The lowest BCUT2D eigenvalue weighted by Crippen LogP contribution is -2.39. The molecule has 1 saturated heterocycles. The quantitative estimate of drug-likeness (QED) is 0.0457. The van der Waals surface area contributed by atoms with Gasteiger partial charge in [0.15, 0.2) is 0 Å². The van der Waals surface area contributed by atoms with Crippen LogP contribution in [-0.4, -0.2) is 62.9 Å². The van der Waals surface area contributed by atoms with E-state index in [1.54, 1.807) is 0 Å². The van der Waals surface area contributed by atoms with E-state index in [0.29, 0.717) is 26.1 Å². The first kappa shape index (κ1) is 50.9. The zero-order valence-corrected chi connectivity index (χ0v) is 36.8. The molecule has 0 spiro atoms. The summed E-state index contributed by atoms with van der Waals surface area (Å²) >= 11 is 0. The molecule has 1 fully saturated rings.